The summed E-state index contributed by atoms with van der Waals surface area (Å²) < 4.78 is 11.3. The molecule has 224 valence electrons. The Balaban J connectivity index is 1.23. The van der Waals surface area contributed by atoms with E-state index in [9.17, 15) is 15.0 Å². The second kappa shape index (κ2) is 11.8. The van der Waals surface area contributed by atoms with Gasteiger partial charge in [0.15, 0.2) is 0 Å². The van der Waals surface area contributed by atoms with E-state index in [1.807, 2.05) is 6.20 Å². The van der Waals surface area contributed by atoms with Crippen molar-refractivity contribution in [3.63, 3.8) is 0 Å². The maximum atomic E-state index is 12.2. The Kier molecular flexibility index (Phi) is 7.99. The molecule has 2 aromatic heterocycles. The zero-order valence-electron chi connectivity index (χ0n) is 24.0. The number of anilines is 2. The molecule has 2 fully saturated rings. The summed E-state index contributed by atoms with van der Waals surface area (Å²) in [6.45, 7) is 11.2. The lowest BCUT2D eigenvalue weighted by atomic mass is 10.0. The first-order valence-electron chi connectivity index (χ1n) is 14.5. The van der Waals surface area contributed by atoms with Crippen LogP contribution in [0, 0.1) is 6.92 Å². The molecular weight excluding hydrogens is 540 g/mol. The SMILES string of the molecule is C=CC(=O)N1CCN(c2nc(OCCCN3CCOCC3(O)O)nc3c2CCN(c2c(C)ccc4[nH]ncc24)C3)CC1. The summed E-state index contributed by atoms with van der Waals surface area (Å²) in [5, 5.41) is 28.8. The van der Waals surface area contributed by atoms with Gasteiger partial charge in [-0.2, -0.15) is 15.1 Å². The molecule has 0 atom stereocenters. The molecule has 0 spiro atoms. The number of fused-ring (bicyclic) bond motifs is 2. The van der Waals surface area contributed by atoms with Crippen molar-refractivity contribution in [2.24, 2.45) is 0 Å². The highest BCUT2D eigenvalue weighted by atomic mass is 16.6. The average Bonchev–Trinajstić information content (AvgIpc) is 3.47. The predicted octanol–water partition coefficient (Wildman–Crippen LogP) is 0.798. The molecule has 2 saturated heterocycles. The summed E-state index contributed by atoms with van der Waals surface area (Å²) in [5.41, 5.74) is 5.35. The molecule has 42 heavy (non-hydrogen) atoms. The van der Waals surface area contributed by atoms with Gasteiger partial charge in [0, 0.05) is 56.8 Å². The van der Waals surface area contributed by atoms with Crippen molar-refractivity contribution in [2.75, 3.05) is 75.4 Å². The fourth-order valence-corrected chi connectivity index (χ4v) is 6.07. The van der Waals surface area contributed by atoms with E-state index in [4.69, 9.17) is 19.4 Å². The molecule has 13 heteroatoms. The molecule has 3 aliphatic rings. The molecule has 1 amide bonds. The number of aliphatic hydroxyl groups is 2. The summed E-state index contributed by atoms with van der Waals surface area (Å²) in [6, 6.07) is 4.46. The van der Waals surface area contributed by atoms with E-state index in [1.165, 1.54) is 11.6 Å². The van der Waals surface area contributed by atoms with Crippen molar-refractivity contribution in [3.8, 4) is 6.01 Å². The van der Waals surface area contributed by atoms with Gasteiger partial charge in [0.2, 0.25) is 11.8 Å². The lowest BCUT2D eigenvalue weighted by molar-refractivity contribution is -0.310. The number of ether oxygens (including phenoxy) is 2. The number of piperazine rings is 1. The minimum atomic E-state index is -1.97. The number of carbonyl (C=O) groups excluding carboxylic acids is 1. The molecule has 5 heterocycles. The van der Waals surface area contributed by atoms with E-state index in [1.54, 1.807) is 9.80 Å². The van der Waals surface area contributed by atoms with Crippen LogP contribution >= 0.6 is 0 Å². The topological polar surface area (TPSA) is 143 Å². The number of aryl methyl sites for hydroxylation is 1. The third-order valence-corrected chi connectivity index (χ3v) is 8.31. The second-order valence-corrected chi connectivity index (χ2v) is 11.0. The monoisotopic (exact) mass is 578 g/mol. The van der Waals surface area contributed by atoms with Gasteiger partial charge < -0.3 is 34.4 Å². The van der Waals surface area contributed by atoms with Crippen LogP contribution in [0.15, 0.2) is 31.0 Å². The Morgan fingerprint density at radius 1 is 1.17 bits per heavy atom. The lowest BCUT2D eigenvalue weighted by Gasteiger charge is -2.38. The molecule has 0 bridgehead atoms. The Bertz CT molecular complexity index is 1450. The number of H-pyrrole nitrogens is 1. The van der Waals surface area contributed by atoms with Crippen molar-refractivity contribution >= 4 is 28.3 Å². The highest BCUT2D eigenvalue weighted by molar-refractivity contribution is 5.93. The Labute approximate surface area is 244 Å². The quantitative estimate of drug-likeness (QED) is 0.198. The first-order valence-corrected chi connectivity index (χ1v) is 14.5. The van der Waals surface area contributed by atoms with Crippen LogP contribution < -0.4 is 14.5 Å². The number of hydrogen-bond donors (Lipinski definition) is 3. The van der Waals surface area contributed by atoms with Crippen LogP contribution in [0.2, 0.25) is 0 Å². The predicted molar refractivity (Wildman–Crippen MR) is 156 cm³/mol. The van der Waals surface area contributed by atoms with Crippen LogP contribution in [0.25, 0.3) is 10.9 Å². The maximum absolute atomic E-state index is 12.2. The number of nitrogens with zero attached hydrogens (tertiary/aromatic N) is 7. The van der Waals surface area contributed by atoms with Gasteiger partial charge in [-0.1, -0.05) is 12.6 Å². The Morgan fingerprint density at radius 2 is 2.00 bits per heavy atom. The van der Waals surface area contributed by atoms with Crippen molar-refractivity contribution in [2.45, 2.75) is 32.2 Å². The minimum absolute atomic E-state index is 0.0575. The van der Waals surface area contributed by atoms with Crippen LogP contribution in [-0.4, -0.2) is 118 Å². The number of aromatic nitrogens is 4. The third kappa shape index (κ3) is 5.64. The number of amides is 1. The normalized spacial score (nSPS) is 19.2. The van der Waals surface area contributed by atoms with Gasteiger partial charge in [-0.15, -0.1) is 0 Å². The van der Waals surface area contributed by atoms with E-state index < -0.39 is 5.91 Å². The van der Waals surface area contributed by atoms with E-state index in [0.717, 1.165) is 46.6 Å². The van der Waals surface area contributed by atoms with Gasteiger partial charge in [-0.3, -0.25) is 9.89 Å². The zero-order valence-corrected chi connectivity index (χ0v) is 24.0. The van der Waals surface area contributed by atoms with Crippen LogP contribution in [0.1, 0.15) is 23.2 Å². The number of benzene rings is 1. The van der Waals surface area contributed by atoms with Crippen molar-refractivity contribution < 1.29 is 24.5 Å². The average molecular weight is 579 g/mol. The molecule has 0 unspecified atom stereocenters. The molecular formula is C29H38N8O5. The third-order valence-electron chi connectivity index (χ3n) is 8.31. The van der Waals surface area contributed by atoms with Gasteiger partial charge in [0.1, 0.15) is 12.4 Å². The summed E-state index contributed by atoms with van der Waals surface area (Å²) >= 11 is 0. The fraction of sp³-hybridized carbons (Fsp3) is 0.517. The van der Waals surface area contributed by atoms with Gasteiger partial charge in [-0.05, 0) is 37.5 Å². The van der Waals surface area contributed by atoms with Crippen LogP contribution in [0.5, 0.6) is 6.01 Å². The van der Waals surface area contributed by atoms with Gasteiger partial charge in [-0.25, -0.2) is 4.90 Å². The van der Waals surface area contributed by atoms with Crippen molar-refractivity contribution in [1.82, 2.24) is 30.0 Å². The zero-order chi connectivity index (χ0) is 29.3. The molecule has 6 rings (SSSR count). The molecule has 1 aromatic carbocycles. The molecule has 3 aliphatic heterocycles. The first kappa shape index (κ1) is 28.3. The highest BCUT2D eigenvalue weighted by Gasteiger charge is 2.35. The number of morpholine rings is 1. The summed E-state index contributed by atoms with van der Waals surface area (Å²) in [4.78, 5) is 29.9. The molecule has 13 nitrogen and oxygen atoms in total. The van der Waals surface area contributed by atoms with E-state index in [2.05, 4.69) is 45.6 Å². The smallest absolute Gasteiger partial charge is 0.318 e. The van der Waals surface area contributed by atoms with E-state index in [0.29, 0.717) is 71.5 Å². The van der Waals surface area contributed by atoms with Crippen LogP contribution in [0.3, 0.4) is 0 Å². The molecule has 3 aromatic rings. The summed E-state index contributed by atoms with van der Waals surface area (Å²) in [6.07, 6.45) is 4.57. The molecule has 3 N–H and O–H groups in total. The molecule has 0 aliphatic carbocycles. The second-order valence-electron chi connectivity index (χ2n) is 11.0. The Hall–Kier alpha value is -3.78. The number of carbonyl (C=O) groups is 1. The van der Waals surface area contributed by atoms with E-state index in [-0.39, 0.29) is 12.5 Å². The fourth-order valence-electron chi connectivity index (χ4n) is 6.07. The highest BCUT2D eigenvalue weighted by Crippen LogP contribution is 2.35. The van der Waals surface area contributed by atoms with Gasteiger partial charge in [0.25, 0.3) is 0 Å². The number of rotatable bonds is 8. The summed E-state index contributed by atoms with van der Waals surface area (Å²) in [7, 11) is 0. The van der Waals surface area contributed by atoms with Gasteiger partial charge in [0.05, 0.1) is 42.9 Å². The van der Waals surface area contributed by atoms with Crippen LogP contribution in [0.4, 0.5) is 11.5 Å². The minimum Gasteiger partial charge on any atom is -0.463 e. The molecule has 0 radical (unpaired) electrons. The van der Waals surface area contributed by atoms with E-state index >= 15 is 0 Å². The molecule has 0 saturated carbocycles. The number of hydrogen-bond acceptors (Lipinski definition) is 11. The number of nitrogens with one attached hydrogen (secondary N) is 1. The summed E-state index contributed by atoms with van der Waals surface area (Å²) in [5.74, 6) is -1.17. The van der Waals surface area contributed by atoms with Crippen molar-refractivity contribution in [1.29, 1.82) is 0 Å². The Morgan fingerprint density at radius 3 is 2.79 bits per heavy atom. The van der Waals surface area contributed by atoms with Crippen LogP contribution in [-0.2, 0) is 22.5 Å². The maximum Gasteiger partial charge on any atom is 0.318 e. The largest absolute Gasteiger partial charge is 0.463 e. The standard InChI is InChI=1S/C29H38N8O5/c1-3-25(38)34-10-12-35(13-11-34)27-21-7-9-36(26-20(2)5-6-23-22(26)17-30-33-23)18-24(21)31-28(32-27)42-15-4-8-37-14-16-41-19-29(37,39)40/h3,5-6,17,39-40H,1,4,7-16,18-19H2,2H3,(H,30,33). The lowest BCUT2D eigenvalue weighted by Crippen LogP contribution is -2.57. The first-order chi connectivity index (χ1) is 20.3. The number of aromatic amines is 1. The van der Waals surface area contributed by atoms with Crippen molar-refractivity contribution in [3.05, 3.63) is 47.8 Å². The van der Waals surface area contributed by atoms with Gasteiger partial charge >= 0.3 is 6.01 Å².